The zero-order valence-corrected chi connectivity index (χ0v) is 27.9. The van der Waals surface area contributed by atoms with Crippen molar-refractivity contribution in [2.45, 2.75) is 112 Å². The molecule has 0 radical (unpaired) electrons. The Morgan fingerprint density at radius 3 is 2.22 bits per heavy atom. The quantitative estimate of drug-likeness (QED) is 0.110. The smallest absolute Gasteiger partial charge is 0.345 e. The van der Waals surface area contributed by atoms with E-state index in [4.69, 9.17) is 19.2 Å². The van der Waals surface area contributed by atoms with Gasteiger partial charge < -0.3 is 13.9 Å². The van der Waals surface area contributed by atoms with Gasteiger partial charge in [-0.2, -0.15) is 10.2 Å². The van der Waals surface area contributed by atoms with Gasteiger partial charge in [-0.3, -0.25) is 4.79 Å². The van der Waals surface area contributed by atoms with Crippen molar-refractivity contribution in [1.82, 2.24) is 4.98 Å². The molecule has 7 heteroatoms. The predicted octanol–water partition coefficient (Wildman–Crippen LogP) is 9.40. The van der Waals surface area contributed by atoms with Gasteiger partial charge in [0.15, 0.2) is 0 Å². The number of fused-ring (bicyclic) bond motifs is 1. The van der Waals surface area contributed by atoms with E-state index >= 15 is 0 Å². The van der Waals surface area contributed by atoms with Gasteiger partial charge in [0, 0.05) is 11.5 Å². The minimum absolute atomic E-state index is 0.00332. The average Bonchev–Trinajstić information content (AvgIpc) is 3.55. The summed E-state index contributed by atoms with van der Waals surface area (Å²) in [5, 5.41) is 9.84. The van der Waals surface area contributed by atoms with Crippen LogP contribution in [-0.2, 0) is 9.53 Å². The van der Waals surface area contributed by atoms with Crippen molar-refractivity contribution < 1.29 is 18.7 Å². The molecule has 7 nitrogen and oxygen atoms in total. The van der Waals surface area contributed by atoms with E-state index in [9.17, 15) is 9.59 Å². The fraction of sp³-hybridized carbons (Fsp3) is 0.579. The van der Waals surface area contributed by atoms with E-state index < -0.39 is 5.63 Å². The van der Waals surface area contributed by atoms with Crippen LogP contribution in [0.4, 0.5) is 0 Å². The van der Waals surface area contributed by atoms with Crippen molar-refractivity contribution in [2.24, 2.45) is 16.2 Å². The van der Waals surface area contributed by atoms with Crippen LogP contribution in [0, 0.1) is 27.6 Å². The molecule has 0 saturated heterocycles. The van der Waals surface area contributed by atoms with Gasteiger partial charge in [0.2, 0.25) is 11.6 Å². The largest absolute Gasteiger partial charge is 0.478 e. The summed E-state index contributed by atoms with van der Waals surface area (Å²) in [7, 11) is 0. The number of benzene rings is 1. The van der Waals surface area contributed by atoms with E-state index in [1.165, 1.54) is 38.5 Å². The highest BCUT2D eigenvalue weighted by Gasteiger charge is 2.67. The molecule has 2 atom stereocenters. The molecule has 1 saturated carbocycles. The van der Waals surface area contributed by atoms with Crippen molar-refractivity contribution in [3.8, 4) is 23.1 Å². The first-order valence-electron chi connectivity index (χ1n) is 16.7. The Morgan fingerprint density at radius 2 is 1.58 bits per heavy atom. The third kappa shape index (κ3) is 9.42. The van der Waals surface area contributed by atoms with Crippen LogP contribution in [0.3, 0.4) is 0 Å². The molecule has 1 fully saturated rings. The summed E-state index contributed by atoms with van der Waals surface area (Å²) in [4.78, 5) is 29.6. The van der Waals surface area contributed by atoms with Gasteiger partial charge in [0.05, 0.1) is 35.8 Å². The standard InChI is InChI=1S/C38H50N2O5/c1-36(2,3)26-37(4)27-38(37,5)35(42)44-22-15-13-11-9-7-6-8-10-12-14-21-43-32-20-19-30-24-31(34(41)45-33(30)40-32)29-18-16-17-28(23-29)25-39/h16-20,23-24H,6-15,21-22,26-27H2,1-5H3. The number of carbonyl (C=O) groups excluding carboxylic acids is 1. The number of ether oxygens (including phenoxy) is 2. The van der Waals surface area contributed by atoms with Gasteiger partial charge in [-0.1, -0.05) is 91.2 Å². The molecule has 0 amide bonds. The van der Waals surface area contributed by atoms with Crippen LogP contribution < -0.4 is 10.4 Å². The monoisotopic (exact) mass is 614 g/mol. The summed E-state index contributed by atoms with van der Waals surface area (Å²) >= 11 is 0. The third-order valence-corrected chi connectivity index (χ3v) is 9.22. The number of esters is 1. The van der Waals surface area contributed by atoms with Crippen LogP contribution in [0.5, 0.6) is 5.88 Å². The lowest BCUT2D eigenvalue weighted by Crippen LogP contribution is -2.25. The molecule has 2 unspecified atom stereocenters. The zero-order valence-electron chi connectivity index (χ0n) is 27.9. The fourth-order valence-corrected chi connectivity index (χ4v) is 6.62. The van der Waals surface area contributed by atoms with Crippen LogP contribution in [0.25, 0.3) is 22.2 Å². The van der Waals surface area contributed by atoms with E-state index in [1.54, 1.807) is 36.4 Å². The van der Waals surface area contributed by atoms with Gasteiger partial charge in [-0.05, 0) is 73.3 Å². The summed E-state index contributed by atoms with van der Waals surface area (Å²) in [6.07, 6.45) is 13.4. The van der Waals surface area contributed by atoms with Gasteiger partial charge in [-0.15, -0.1) is 0 Å². The molecule has 1 aliphatic rings. The number of carbonyl (C=O) groups is 1. The Labute approximate surface area is 268 Å². The molecular formula is C38H50N2O5. The predicted molar refractivity (Wildman–Crippen MR) is 178 cm³/mol. The SMILES string of the molecule is CC(C)(C)CC1(C)CC1(C)C(=O)OCCCCCCCCCCCCOc1ccc2cc(-c3cccc(C#N)c3)c(=O)oc2n1. The number of unbranched alkanes of at least 4 members (excludes halogenated alkanes) is 9. The van der Waals surface area contributed by atoms with Gasteiger partial charge in [-0.25, -0.2) is 4.79 Å². The van der Waals surface area contributed by atoms with Crippen molar-refractivity contribution in [2.75, 3.05) is 13.2 Å². The lowest BCUT2D eigenvalue weighted by atomic mass is 9.79. The topological polar surface area (TPSA) is 102 Å². The molecule has 242 valence electrons. The van der Waals surface area contributed by atoms with E-state index in [1.807, 2.05) is 6.07 Å². The number of pyridine rings is 1. The number of rotatable bonds is 17. The maximum Gasteiger partial charge on any atom is 0.345 e. The third-order valence-electron chi connectivity index (χ3n) is 9.22. The highest BCUT2D eigenvalue weighted by molar-refractivity contribution is 5.81. The summed E-state index contributed by atoms with van der Waals surface area (Å²) < 4.78 is 17.0. The summed E-state index contributed by atoms with van der Waals surface area (Å²) in [5.74, 6) is 0.441. The van der Waals surface area contributed by atoms with Crippen molar-refractivity contribution >= 4 is 17.1 Å². The van der Waals surface area contributed by atoms with Crippen molar-refractivity contribution in [1.29, 1.82) is 5.26 Å². The summed E-state index contributed by atoms with van der Waals surface area (Å²) in [6, 6.07) is 14.4. The second-order valence-corrected chi connectivity index (χ2v) is 14.5. The molecule has 1 aliphatic carbocycles. The molecule has 0 spiro atoms. The molecule has 0 N–H and O–H groups in total. The van der Waals surface area contributed by atoms with Crippen molar-refractivity contribution in [3.63, 3.8) is 0 Å². The van der Waals surface area contributed by atoms with E-state index in [0.29, 0.717) is 41.2 Å². The maximum atomic E-state index is 12.7. The minimum atomic E-state index is -0.495. The summed E-state index contributed by atoms with van der Waals surface area (Å²) in [6.45, 7) is 12.1. The van der Waals surface area contributed by atoms with Gasteiger partial charge >= 0.3 is 11.6 Å². The molecule has 3 aromatic rings. The highest BCUT2D eigenvalue weighted by Crippen LogP contribution is 2.68. The Kier molecular flexibility index (Phi) is 11.5. The summed E-state index contributed by atoms with van der Waals surface area (Å²) in [5.41, 5.74) is 1.26. The lowest BCUT2D eigenvalue weighted by molar-refractivity contribution is -0.151. The lowest BCUT2D eigenvalue weighted by Gasteiger charge is -2.26. The molecule has 1 aromatic carbocycles. The number of hydrogen-bond acceptors (Lipinski definition) is 7. The van der Waals surface area contributed by atoms with Crippen LogP contribution in [0.15, 0.2) is 51.7 Å². The normalized spacial score (nSPS) is 19.3. The molecule has 0 bridgehead atoms. The molecule has 2 aromatic heterocycles. The van der Waals surface area contributed by atoms with Crippen LogP contribution in [0.1, 0.15) is 117 Å². The van der Waals surface area contributed by atoms with E-state index in [2.05, 4.69) is 45.7 Å². The van der Waals surface area contributed by atoms with Gasteiger partial charge in [0.25, 0.3) is 0 Å². The van der Waals surface area contributed by atoms with E-state index in [0.717, 1.165) is 38.5 Å². The van der Waals surface area contributed by atoms with Gasteiger partial charge in [0.1, 0.15) is 0 Å². The van der Waals surface area contributed by atoms with Crippen LogP contribution in [0.2, 0.25) is 0 Å². The Hall–Kier alpha value is -3.66. The minimum Gasteiger partial charge on any atom is -0.478 e. The Morgan fingerprint density at radius 1 is 0.933 bits per heavy atom. The highest BCUT2D eigenvalue weighted by atomic mass is 16.5. The number of nitrogens with zero attached hydrogens (tertiary/aromatic N) is 2. The zero-order chi connectivity index (χ0) is 32.5. The van der Waals surface area contributed by atoms with Crippen LogP contribution in [-0.4, -0.2) is 24.2 Å². The Balaban J connectivity index is 1.02. The molecule has 45 heavy (non-hydrogen) atoms. The molecular weight excluding hydrogens is 564 g/mol. The second-order valence-electron chi connectivity index (χ2n) is 14.5. The first-order chi connectivity index (χ1) is 21.4. The molecule has 0 aliphatic heterocycles. The first-order valence-corrected chi connectivity index (χ1v) is 16.7. The van der Waals surface area contributed by atoms with Crippen LogP contribution >= 0.6 is 0 Å². The molecule has 2 heterocycles. The Bertz CT molecular complexity index is 1550. The molecule has 4 rings (SSSR count). The number of nitriles is 1. The second kappa shape index (κ2) is 15.1. The first kappa shape index (κ1) is 34.2. The number of aromatic nitrogens is 1. The maximum absolute atomic E-state index is 12.7. The van der Waals surface area contributed by atoms with Crippen molar-refractivity contribution in [3.05, 3.63) is 58.4 Å². The fourth-order valence-electron chi connectivity index (χ4n) is 6.62. The number of hydrogen-bond donors (Lipinski definition) is 0. The average molecular weight is 615 g/mol. The van der Waals surface area contributed by atoms with E-state index in [-0.39, 0.29) is 27.9 Å².